The third-order valence-corrected chi connectivity index (χ3v) is 5.08. The zero-order valence-electron chi connectivity index (χ0n) is 16.5. The van der Waals surface area contributed by atoms with Crippen LogP contribution in [-0.4, -0.2) is 31.7 Å². The zero-order chi connectivity index (χ0) is 21.3. The molecule has 2 aromatic carbocycles. The highest BCUT2D eigenvalue weighted by atomic mass is 16.7. The van der Waals surface area contributed by atoms with Gasteiger partial charge >= 0.3 is 5.97 Å². The van der Waals surface area contributed by atoms with Gasteiger partial charge in [0.15, 0.2) is 11.5 Å². The van der Waals surface area contributed by atoms with Gasteiger partial charge in [-0.1, -0.05) is 18.2 Å². The van der Waals surface area contributed by atoms with Crippen LogP contribution >= 0.6 is 0 Å². The molecule has 0 aliphatic carbocycles. The maximum atomic E-state index is 13.0. The first kappa shape index (κ1) is 19.5. The minimum absolute atomic E-state index is 0.119. The second-order valence-corrected chi connectivity index (χ2v) is 6.87. The lowest BCUT2D eigenvalue weighted by molar-refractivity contribution is -0.138. The van der Waals surface area contributed by atoms with E-state index < -0.39 is 17.8 Å². The number of nitrogens with zero attached hydrogens (tertiary/aromatic N) is 1. The van der Waals surface area contributed by atoms with Crippen molar-refractivity contribution in [3.8, 4) is 11.5 Å². The normalized spacial score (nSPS) is 17.7. The summed E-state index contributed by atoms with van der Waals surface area (Å²) in [6.07, 6.45) is -0.160. The number of para-hydroxylation sites is 1. The molecule has 0 spiro atoms. The van der Waals surface area contributed by atoms with E-state index in [9.17, 15) is 14.4 Å². The number of fused-ring (bicyclic) bond motifs is 1. The molecule has 0 aromatic heterocycles. The van der Waals surface area contributed by atoms with E-state index in [-0.39, 0.29) is 24.7 Å². The number of hydrogen-bond acceptors (Lipinski definition) is 6. The molecule has 0 saturated heterocycles. The van der Waals surface area contributed by atoms with Crippen molar-refractivity contribution in [2.24, 2.45) is 5.92 Å². The number of esters is 1. The molecule has 30 heavy (non-hydrogen) atoms. The number of benzene rings is 2. The van der Waals surface area contributed by atoms with Crippen LogP contribution in [0.4, 0.5) is 11.4 Å². The number of carbonyl (C=O) groups is 3. The molecule has 2 aliphatic heterocycles. The van der Waals surface area contributed by atoms with Gasteiger partial charge in [0.2, 0.25) is 18.6 Å². The zero-order valence-corrected chi connectivity index (χ0v) is 16.5. The van der Waals surface area contributed by atoms with Crippen LogP contribution in [0.5, 0.6) is 11.5 Å². The number of nitrogens with one attached hydrogen (secondary N) is 1. The predicted octanol–water partition coefficient (Wildman–Crippen LogP) is 2.85. The van der Waals surface area contributed by atoms with E-state index in [0.717, 1.165) is 0 Å². The Labute approximate surface area is 173 Å². The Morgan fingerprint density at radius 1 is 1.10 bits per heavy atom. The molecule has 2 aliphatic rings. The largest absolute Gasteiger partial charge is 0.466 e. The summed E-state index contributed by atoms with van der Waals surface area (Å²) in [7, 11) is 1.25. The molecular formula is C22H20N2O6. The highest BCUT2D eigenvalue weighted by Gasteiger charge is 2.40. The van der Waals surface area contributed by atoms with E-state index in [0.29, 0.717) is 28.6 Å². The summed E-state index contributed by atoms with van der Waals surface area (Å²) in [5, 5.41) is 2.76. The first-order valence-corrected chi connectivity index (χ1v) is 9.37. The molecular weight excluding hydrogens is 388 g/mol. The van der Waals surface area contributed by atoms with Crippen LogP contribution in [0.1, 0.15) is 13.3 Å². The third kappa shape index (κ3) is 3.47. The Bertz CT molecular complexity index is 1050. The van der Waals surface area contributed by atoms with E-state index >= 15 is 0 Å². The summed E-state index contributed by atoms with van der Waals surface area (Å²) < 4.78 is 15.5. The fraction of sp³-hybridized carbons (Fsp3) is 0.227. The molecule has 1 N–H and O–H groups in total. The van der Waals surface area contributed by atoms with Gasteiger partial charge in [-0.15, -0.1) is 0 Å². The van der Waals surface area contributed by atoms with Gasteiger partial charge in [-0.2, -0.15) is 0 Å². The maximum absolute atomic E-state index is 13.0. The van der Waals surface area contributed by atoms with Gasteiger partial charge in [0.25, 0.3) is 0 Å². The van der Waals surface area contributed by atoms with Crippen molar-refractivity contribution in [3.05, 3.63) is 59.8 Å². The van der Waals surface area contributed by atoms with Crippen LogP contribution in [-0.2, 0) is 19.1 Å². The number of anilines is 2. The van der Waals surface area contributed by atoms with Crippen LogP contribution in [0.3, 0.4) is 0 Å². The van der Waals surface area contributed by atoms with Crippen molar-refractivity contribution in [2.75, 3.05) is 24.1 Å². The van der Waals surface area contributed by atoms with Gasteiger partial charge in [0.05, 0.1) is 18.6 Å². The van der Waals surface area contributed by atoms with E-state index in [1.165, 1.54) is 12.0 Å². The fourth-order valence-corrected chi connectivity index (χ4v) is 3.67. The molecule has 2 aromatic rings. The number of amides is 2. The molecule has 0 saturated carbocycles. The fourth-order valence-electron chi connectivity index (χ4n) is 3.67. The Kier molecular flexibility index (Phi) is 5.14. The second-order valence-electron chi connectivity index (χ2n) is 6.87. The molecule has 0 unspecified atom stereocenters. The number of rotatable bonds is 4. The molecule has 8 nitrogen and oxygen atoms in total. The number of carbonyl (C=O) groups excluding carboxylic acids is 3. The van der Waals surface area contributed by atoms with Crippen LogP contribution < -0.4 is 19.7 Å². The molecule has 8 heteroatoms. The molecule has 4 rings (SSSR count). The lowest BCUT2D eigenvalue weighted by Crippen LogP contribution is -2.43. The van der Waals surface area contributed by atoms with Crippen molar-refractivity contribution in [1.82, 2.24) is 0 Å². The Morgan fingerprint density at radius 3 is 2.57 bits per heavy atom. The quantitative estimate of drug-likeness (QED) is 0.782. The average Bonchev–Trinajstić information content (AvgIpc) is 3.21. The number of ether oxygens (including phenoxy) is 3. The lowest BCUT2D eigenvalue weighted by atomic mass is 9.88. The topological polar surface area (TPSA) is 94.2 Å². The van der Waals surface area contributed by atoms with E-state index in [1.807, 2.05) is 6.07 Å². The van der Waals surface area contributed by atoms with E-state index in [4.69, 9.17) is 14.2 Å². The van der Waals surface area contributed by atoms with Crippen molar-refractivity contribution >= 4 is 29.2 Å². The maximum Gasteiger partial charge on any atom is 0.336 e. The van der Waals surface area contributed by atoms with Crippen LogP contribution in [0, 0.1) is 5.92 Å². The van der Waals surface area contributed by atoms with Gasteiger partial charge in [-0.05, 0) is 31.2 Å². The summed E-state index contributed by atoms with van der Waals surface area (Å²) in [4.78, 5) is 39.9. The molecule has 0 bridgehead atoms. The molecule has 154 valence electrons. The highest BCUT2D eigenvalue weighted by molar-refractivity contribution is 6.10. The minimum atomic E-state index is -0.977. The standard InChI is InChI=1S/C22H20N2O6/c1-13-20(22(27)28-2)16(11-19(25)24(13)15-6-4-3-5-7-15)21(26)23-14-8-9-17-18(10-14)30-12-29-17/h3-10,16H,11-12H2,1-2H3,(H,23,26)/t16-/m1/s1. The Balaban J connectivity index is 1.66. The summed E-state index contributed by atoms with van der Waals surface area (Å²) >= 11 is 0. The molecule has 2 heterocycles. The SMILES string of the molecule is COC(=O)C1=C(C)N(c2ccccc2)C(=O)C[C@H]1C(=O)Nc1ccc2c(c1)OCO2. The monoisotopic (exact) mass is 408 g/mol. The number of hydrogen-bond donors (Lipinski definition) is 1. The van der Waals surface area contributed by atoms with Gasteiger partial charge < -0.3 is 19.5 Å². The minimum Gasteiger partial charge on any atom is -0.466 e. The number of allylic oxidation sites excluding steroid dienone is 1. The smallest absolute Gasteiger partial charge is 0.336 e. The van der Waals surface area contributed by atoms with E-state index in [2.05, 4.69) is 5.32 Å². The highest BCUT2D eigenvalue weighted by Crippen LogP contribution is 2.36. The van der Waals surface area contributed by atoms with Crippen molar-refractivity contribution in [1.29, 1.82) is 0 Å². The van der Waals surface area contributed by atoms with Gasteiger partial charge in [-0.25, -0.2) is 4.79 Å². The second kappa shape index (κ2) is 7.90. The van der Waals surface area contributed by atoms with Crippen molar-refractivity contribution in [3.63, 3.8) is 0 Å². The average molecular weight is 408 g/mol. The molecule has 2 amide bonds. The van der Waals surface area contributed by atoms with Crippen molar-refractivity contribution in [2.45, 2.75) is 13.3 Å². The van der Waals surface area contributed by atoms with Crippen LogP contribution in [0.2, 0.25) is 0 Å². The molecule has 1 atom stereocenters. The third-order valence-electron chi connectivity index (χ3n) is 5.08. The lowest BCUT2D eigenvalue weighted by Gasteiger charge is -2.33. The molecule has 0 radical (unpaired) electrons. The number of methoxy groups -OCH3 is 1. The predicted molar refractivity (Wildman–Crippen MR) is 108 cm³/mol. The Morgan fingerprint density at radius 2 is 1.83 bits per heavy atom. The van der Waals surface area contributed by atoms with Gasteiger partial charge in [0, 0.05) is 29.6 Å². The van der Waals surface area contributed by atoms with Crippen LogP contribution in [0.25, 0.3) is 0 Å². The Hall–Kier alpha value is -3.81. The van der Waals surface area contributed by atoms with Gasteiger partial charge in [0.1, 0.15) is 0 Å². The summed E-state index contributed by atoms with van der Waals surface area (Å²) in [5.74, 6) is -1.28. The first-order chi connectivity index (χ1) is 14.5. The van der Waals surface area contributed by atoms with Gasteiger partial charge in [-0.3, -0.25) is 14.5 Å². The summed E-state index contributed by atoms with van der Waals surface area (Å²) in [5.41, 5.74) is 1.62. The summed E-state index contributed by atoms with van der Waals surface area (Å²) in [6.45, 7) is 1.75. The van der Waals surface area contributed by atoms with Crippen molar-refractivity contribution < 1.29 is 28.6 Å². The summed E-state index contributed by atoms with van der Waals surface area (Å²) in [6, 6.07) is 13.9. The van der Waals surface area contributed by atoms with E-state index in [1.54, 1.807) is 49.4 Å². The first-order valence-electron chi connectivity index (χ1n) is 9.37. The van der Waals surface area contributed by atoms with Crippen LogP contribution in [0.15, 0.2) is 59.8 Å². The molecule has 0 fully saturated rings.